The third-order valence-electron chi connectivity index (χ3n) is 5.65. The molecule has 2 aromatic carbocycles. The van der Waals surface area contributed by atoms with Crippen LogP contribution in [0.5, 0.6) is 11.5 Å². The van der Waals surface area contributed by atoms with Crippen molar-refractivity contribution in [3.63, 3.8) is 0 Å². The van der Waals surface area contributed by atoms with Crippen molar-refractivity contribution in [3.05, 3.63) is 59.7 Å². The van der Waals surface area contributed by atoms with Gasteiger partial charge in [0.15, 0.2) is 0 Å². The SMILES string of the molecule is CS(=O)(=O)N1CCC2(CC1)CN(Cc1ccc(O)cc1)Cc1ccccc1O2. The van der Waals surface area contributed by atoms with Crippen molar-refractivity contribution in [2.45, 2.75) is 31.5 Å². The van der Waals surface area contributed by atoms with Gasteiger partial charge in [-0.05, 0) is 23.8 Å². The lowest BCUT2D eigenvalue weighted by Crippen LogP contribution is -2.54. The van der Waals surface area contributed by atoms with Crippen LogP contribution in [0.25, 0.3) is 0 Å². The monoisotopic (exact) mass is 402 g/mol. The lowest BCUT2D eigenvalue weighted by atomic mass is 9.91. The summed E-state index contributed by atoms with van der Waals surface area (Å²) < 4.78 is 31.9. The Kier molecular flexibility index (Phi) is 5.07. The fourth-order valence-corrected chi connectivity index (χ4v) is 5.01. The van der Waals surface area contributed by atoms with Crippen molar-refractivity contribution in [1.29, 1.82) is 0 Å². The molecule has 0 atom stereocenters. The van der Waals surface area contributed by atoms with Crippen LogP contribution in [0.2, 0.25) is 0 Å². The Morgan fingerprint density at radius 1 is 1.07 bits per heavy atom. The molecule has 150 valence electrons. The fourth-order valence-electron chi connectivity index (χ4n) is 4.16. The van der Waals surface area contributed by atoms with Gasteiger partial charge in [-0.1, -0.05) is 30.3 Å². The van der Waals surface area contributed by atoms with Gasteiger partial charge in [0, 0.05) is 51.1 Å². The van der Waals surface area contributed by atoms with E-state index in [0.29, 0.717) is 25.9 Å². The van der Waals surface area contributed by atoms with Crippen LogP contribution in [0.4, 0.5) is 0 Å². The topological polar surface area (TPSA) is 70.1 Å². The summed E-state index contributed by atoms with van der Waals surface area (Å²) in [5, 5.41) is 9.54. The summed E-state index contributed by atoms with van der Waals surface area (Å²) in [4.78, 5) is 2.36. The quantitative estimate of drug-likeness (QED) is 0.855. The fraction of sp³-hybridized carbons (Fsp3) is 0.429. The highest BCUT2D eigenvalue weighted by Crippen LogP contribution is 2.36. The van der Waals surface area contributed by atoms with Crippen LogP contribution in [0, 0.1) is 0 Å². The van der Waals surface area contributed by atoms with Gasteiger partial charge in [-0.15, -0.1) is 0 Å². The number of aromatic hydroxyl groups is 1. The Morgan fingerprint density at radius 3 is 2.43 bits per heavy atom. The summed E-state index contributed by atoms with van der Waals surface area (Å²) in [5.74, 6) is 1.15. The minimum Gasteiger partial charge on any atom is -0.508 e. The number of nitrogens with zero attached hydrogens (tertiary/aromatic N) is 2. The van der Waals surface area contributed by atoms with Crippen LogP contribution >= 0.6 is 0 Å². The van der Waals surface area contributed by atoms with Gasteiger partial charge in [0.05, 0.1) is 6.26 Å². The van der Waals surface area contributed by atoms with Gasteiger partial charge in [-0.2, -0.15) is 0 Å². The number of benzene rings is 2. The van der Waals surface area contributed by atoms with E-state index in [1.54, 1.807) is 16.4 Å². The zero-order chi connectivity index (χ0) is 19.8. The molecule has 6 nitrogen and oxygen atoms in total. The third kappa shape index (κ3) is 4.16. The van der Waals surface area contributed by atoms with Crippen molar-refractivity contribution >= 4 is 10.0 Å². The number of sulfonamides is 1. The van der Waals surface area contributed by atoms with Gasteiger partial charge < -0.3 is 9.84 Å². The van der Waals surface area contributed by atoms with Crippen molar-refractivity contribution in [2.75, 3.05) is 25.9 Å². The predicted molar refractivity (Wildman–Crippen MR) is 108 cm³/mol. The normalized spacial score (nSPS) is 20.3. The van der Waals surface area contributed by atoms with Crippen molar-refractivity contribution in [2.24, 2.45) is 0 Å². The molecule has 0 unspecified atom stereocenters. The summed E-state index contributed by atoms with van der Waals surface area (Å²) in [6, 6.07) is 15.4. The highest BCUT2D eigenvalue weighted by molar-refractivity contribution is 7.88. The molecule has 1 N–H and O–H groups in total. The summed E-state index contributed by atoms with van der Waals surface area (Å²) in [6.07, 6.45) is 2.60. The lowest BCUT2D eigenvalue weighted by molar-refractivity contribution is -0.00492. The first-order valence-corrected chi connectivity index (χ1v) is 11.4. The number of piperidine rings is 1. The zero-order valence-corrected chi connectivity index (χ0v) is 16.9. The van der Waals surface area contributed by atoms with Crippen LogP contribution in [0.1, 0.15) is 24.0 Å². The molecule has 2 heterocycles. The predicted octanol–water partition coefficient (Wildman–Crippen LogP) is 2.58. The molecule has 7 heteroatoms. The minimum atomic E-state index is -3.18. The number of fused-ring (bicyclic) bond motifs is 1. The van der Waals surface area contributed by atoms with E-state index < -0.39 is 15.6 Å². The summed E-state index contributed by atoms with van der Waals surface area (Å²) in [6.45, 7) is 3.21. The van der Waals surface area contributed by atoms with Crippen molar-refractivity contribution in [3.8, 4) is 11.5 Å². The highest BCUT2D eigenvalue weighted by atomic mass is 32.2. The van der Waals surface area contributed by atoms with E-state index in [0.717, 1.165) is 36.5 Å². The molecule has 0 bridgehead atoms. The summed E-state index contributed by atoms with van der Waals surface area (Å²) in [5.41, 5.74) is 1.87. The first kappa shape index (κ1) is 19.2. The molecule has 1 spiro atoms. The maximum Gasteiger partial charge on any atom is 0.211 e. The van der Waals surface area contributed by atoms with Crippen LogP contribution in [0.3, 0.4) is 0 Å². The Bertz CT molecular complexity index is 935. The minimum absolute atomic E-state index is 0.262. The van der Waals surface area contributed by atoms with Gasteiger partial charge in [0.25, 0.3) is 0 Å². The number of phenolic OH excluding ortho intramolecular Hbond substituents is 1. The third-order valence-corrected chi connectivity index (χ3v) is 6.95. The average molecular weight is 403 g/mol. The van der Waals surface area contributed by atoms with E-state index in [-0.39, 0.29) is 5.75 Å². The van der Waals surface area contributed by atoms with Crippen LogP contribution < -0.4 is 4.74 Å². The first-order chi connectivity index (χ1) is 13.3. The van der Waals surface area contributed by atoms with E-state index in [1.807, 2.05) is 30.3 Å². The maximum atomic E-state index is 11.9. The Hall–Kier alpha value is -2.09. The highest BCUT2D eigenvalue weighted by Gasteiger charge is 2.42. The molecule has 1 saturated heterocycles. The van der Waals surface area contributed by atoms with Crippen molar-refractivity contribution < 1.29 is 18.3 Å². The molecular weight excluding hydrogens is 376 g/mol. The second kappa shape index (κ2) is 7.39. The van der Waals surface area contributed by atoms with Gasteiger partial charge in [-0.3, -0.25) is 4.90 Å². The number of para-hydroxylation sites is 1. The van der Waals surface area contributed by atoms with Gasteiger partial charge in [-0.25, -0.2) is 12.7 Å². The van der Waals surface area contributed by atoms with Gasteiger partial charge >= 0.3 is 0 Å². The second-order valence-corrected chi connectivity index (χ2v) is 9.85. The molecule has 1 fully saturated rings. The van der Waals surface area contributed by atoms with E-state index in [4.69, 9.17) is 4.74 Å². The van der Waals surface area contributed by atoms with Crippen molar-refractivity contribution in [1.82, 2.24) is 9.21 Å². The van der Waals surface area contributed by atoms with E-state index in [1.165, 1.54) is 6.26 Å². The molecule has 0 radical (unpaired) electrons. The number of hydrogen-bond acceptors (Lipinski definition) is 5. The van der Waals surface area contributed by atoms with Crippen LogP contribution in [-0.4, -0.2) is 54.2 Å². The summed E-state index contributed by atoms with van der Waals surface area (Å²) in [7, 11) is -3.18. The van der Waals surface area contributed by atoms with Crippen LogP contribution in [0.15, 0.2) is 48.5 Å². The Labute approximate surface area is 166 Å². The number of hydrogen-bond donors (Lipinski definition) is 1. The molecular formula is C21H26N2O4S. The number of ether oxygens (including phenoxy) is 1. The molecule has 0 saturated carbocycles. The standard InChI is InChI=1S/C21H26N2O4S/c1-28(25,26)23-12-10-21(11-13-23)16-22(14-17-6-8-19(24)9-7-17)15-18-4-2-3-5-20(18)27-21/h2-9,24H,10-16H2,1H3. The second-order valence-electron chi connectivity index (χ2n) is 7.87. The lowest BCUT2D eigenvalue weighted by Gasteiger charge is -2.42. The van der Waals surface area contributed by atoms with E-state index >= 15 is 0 Å². The smallest absolute Gasteiger partial charge is 0.211 e. The Balaban J connectivity index is 1.59. The zero-order valence-electron chi connectivity index (χ0n) is 16.0. The summed E-state index contributed by atoms with van der Waals surface area (Å²) >= 11 is 0. The molecule has 4 rings (SSSR count). The van der Waals surface area contributed by atoms with Gasteiger partial charge in [0.2, 0.25) is 10.0 Å². The van der Waals surface area contributed by atoms with E-state index in [9.17, 15) is 13.5 Å². The molecule has 0 amide bonds. The molecule has 2 aromatic rings. The van der Waals surface area contributed by atoms with E-state index in [2.05, 4.69) is 11.0 Å². The first-order valence-electron chi connectivity index (χ1n) is 9.55. The average Bonchev–Trinajstić information content (AvgIpc) is 2.79. The molecule has 0 aliphatic carbocycles. The van der Waals surface area contributed by atoms with Crippen LogP contribution in [-0.2, 0) is 23.1 Å². The largest absolute Gasteiger partial charge is 0.508 e. The molecule has 2 aliphatic heterocycles. The molecule has 2 aliphatic rings. The maximum absolute atomic E-state index is 11.9. The Morgan fingerprint density at radius 2 is 1.75 bits per heavy atom. The number of phenols is 1. The number of rotatable bonds is 3. The molecule has 28 heavy (non-hydrogen) atoms. The molecule has 0 aromatic heterocycles. The van der Waals surface area contributed by atoms with Gasteiger partial charge in [0.1, 0.15) is 17.1 Å².